The maximum atomic E-state index is 2.44. The van der Waals surface area contributed by atoms with Crippen LogP contribution in [0.5, 0.6) is 0 Å². The van der Waals surface area contributed by atoms with Crippen LogP contribution in [-0.2, 0) is 0 Å². The molecule has 0 saturated carbocycles. The largest absolute Gasteiger partial charge is 0.311 e. The molecular weight excluding hydrogens is 1170 g/mol. The number of hydrogen-bond donors (Lipinski definition) is 0. The van der Waals surface area contributed by atoms with Crippen molar-refractivity contribution in [2.45, 2.75) is 0 Å². The zero-order valence-corrected chi connectivity index (χ0v) is 53.7. The van der Waals surface area contributed by atoms with E-state index < -0.39 is 0 Å². The van der Waals surface area contributed by atoms with Gasteiger partial charge in [0.25, 0.3) is 0 Å². The molecule has 15 aromatic rings. The van der Waals surface area contributed by atoms with Gasteiger partial charge in [0.15, 0.2) is 0 Å². The van der Waals surface area contributed by atoms with E-state index in [1.165, 1.54) is 11.1 Å². The Morgan fingerprint density at radius 3 is 0.649 bits per heavy atom. The van der Waals surface area contributed by atoms with Crippen LogP contribution in [-0.4, -0.2) is 0 Å². The first-order valence-electron chi connectivity index (χ1n) is 33.1. The average molecular weight is 1240 g/mol. The molecule has 460 valence electrons. The molecule has 15 aromatic carbocycles. The van der Waals surface area contributed by atoms with Crippen molar-refractivity contribution >= 4 is 98.4 Å². The van der Waals surface area contributed by atoms with Crippen molar-refractivity contribution in [3.8, 4) is 44.5 Å². The average Bonchev–Trinajstić information content (AvgIpc) is 0.721. The van der Waals surface area contributed by atoms with Gasteiger partial charge in [-0.05, 0) is 198 Å². The third-order valence-electron chi connectivity index (χ3n) is 17.8. The van der Waals surface area contributed by atoms with Crippen LogP contribution in [0.2, 0.25) is 0 Å². The van der Waals surface area contributed by atoms with E-state index in [4.69, 9.17) is 0 Å². The zero-order valence-electron chi connectivity index (χ0n) is 53.7. The van der Waals surface area contributed by atoms with E-state index in [9.17, 15) is 0 Å². The molecule has 3 heteroatoms. The van der Waals surface area contributed by atoms with Crippen LogP contribution in [0, 0.1) is 0 Å². The van der Waals surface area contributed by atoms with Gasteiger partial charge >= 0.3 is 0 Å². The van der Waals surface area contributed by atoms with Crippen molar-refractivity contribution in [2.75, 3.05) is 14.7 Å². The van der Waals surface area contributed by atoms with E-state index in [-0.39, 0.29) is 0 Å². The van der Waals surface area contributed by atoms with Crippen molar-refractivity contribution in [3.63, 3.8) is 0 Å². The monoisotopic (exact) mass is 1240 g/mol. The lowest BCUT2D eigenvalue weighted by Crippen LogP contribution is -2.10. The van der Waals surface area contributed by atoms with Crippen LogP contribution in [0.25, 0.3) is 91.7 Å². The molecule has 0 amide bonds. The van der Waals surface area contributed by atoms with Gasteiger partial charge in [0.05, 0.1) is 0 Å². The second-order valence-electron chi connectivity index (χ2n) is 24.1. The second kappa shape index (κ2) is 28.6. The van der Waals surface area contributed by atoms with Crippen LogP contribution in [0.15, 0.2) is 382 Å². The molecule has 15 rings (SSSR count). The minimum atomic E-state index is 1.04. The molecule has 0 aromatic heterocycles. The van der Waals surface area contributed by atoms with Gasteiger partial charge in [-0.3, -0.25) is 0 Å². The summed E-state index contributed by atoms with van der Waals surface area (Å²) in [6.45, 7) is 0. The lowest BCUT2D eigenvalue weighted by Gasteiger charge is -2.29. The Balaban J connectivity index is 0.925. The molecule has 0 bridgehead atoms. The number of rotatable bonds is 19. The Labute approximate surface area is 569 Å². The minimum Gasteiger partial charge on any atom is -0.311 e. The van der Waals surface area contributed by atoms with Gasteiger partial charge in [-0.1, -0.05) is 309 Å². The summed E-state index contributed by atoms with van der Waals surface area (Å²) < 4.78 is 0. The predicted octanol–water partition coefficient (Wildman–Crippen LogP) is 26.4. The molecule has 3 nitrogen and oxygen atoms in total. The summed E-state index contributed by atoms with van der Waals surface area (Å²) in [4.78, 5) is 7.09. The molecule has 0 aliphatic carbocycles. The van der Waals surface area contributed by atoms with Gasteiger partial charge in [-0.15, -0.1) is 0 Å². The molecule has 0 unspecified atom stereocenters. The Bertz CT molecular complexity index is 5160. The maximum absolute atomic E-state index is 2.44. The highest BCUT2D eigenvalue weighted by Crippen LogP contribution is 2.53. The Morgan fingerprint density at radius 2 is 0.351 bits per heavy atom. The summed E-state index contributed by atoms with van der Waals surface area (Å²) in [5, 5.41) is 2.26. The normalized spacial score (nSPS) is 11.4. The summed E-state index contributed by atoms with van der Waals surface area (Å²) in [5.74, 6) is 0. The highest BCUT2D eigenvalue weighted by atomic mass is 15.2. The number of nitrogens with zero attached hydrogens (tertiary/aromatic N) is 3. The van der Waals surface area contributed by atoms with E-state index in [2.05, 4.69) is 433 Å². The standard InChI is InChI=1S/C94H69N3/c1-9-25-70(26-10-1)41-44-73-47-57-83(58-48-73)95(80-35-19-6-20-36-80)86-63-53-78(54-64-86)91-89-68-67-88(97(82-39-23-8-24-40-82)85-61-51-75(52-62-85)46-43-72-29-13-3-14-30-72)69-90(89)92(94(77-33-17-5-18-34-77)93(91)76-31-15-4-16-32-76)79-55-65-87(66-56-79)96(81-37-21-7-22-38-81)84-59-49-74(50-60-84)45-42-71-27-11-2-12-28-71/h1-69H. The SMILES string of the molecule is C(=Cc1ccc(N(c2ccccc2)c2ccc(-c3c(-c4ccccc4)c(-c4ccccc4)c(-c4ccc(N(c5ccccc5)c5ccc(C=Cc6ccccc6)cc5)cc4)c4cc(N(c5ccccc5)c5ccc(C=Cc6ccccc6)cc5)ccc34)cc2)cc1)c1ccccc1. The van der Waals surface area contributed by atoms with Crippen LogP contribution < -0.4 is 14.7 Å². The van der Waals surface area contributed by atoms with E-state index >= 15 is 0 Å². The molecule has 0 fully saturated rings. The zero-order chi connectivity index (χ0) is 65.0. The smallest absolute Gasteiger partial charge is 0.0468 e. The fraction of sp³-hybridized carbons (Fsp3) is 0. The van der Waals surface area contributed by atoms with Crippen molar-refractivity contribution in [1.29, 1.82) is 0 Å². The van der Waals surface area contributed by atoms with E-state index in [0.29, 0.717) is 0 Å². The third kappa shape index (κ3) is 13.5. The Kier molecular flexibility index (Phi) is 17.8. The van der Waals surface area contributed by atoms with Crippen molar-refractivity contribution in [1.82, 2.24) is 0 Å². The number of anilines is 9. The van der Waals surface area contributed by atoms with Gasteiger partial charge in [-0.25, -0.2) is 0 Å². The van der Waals surface area contributed by atoms with Gasteiger partial charge in [0, 0.05) is 51.2 Å². The first-order valence-corrected chi connectivity index (χ1v) is 33.1. The molecule has 0 aliphatic rings. The molecule has 0 atom stereocenters. The summed E-state index contributed by atoms with van der Waals surface area (Å²) in [6, 6.07) is 138. The third-order valence-corrected chi connectivity index (χ3v) is 17.8. The number of para-hydroxylation sites is 3. The molecule has 0 radical (unpaired) electrons. The van der Waals surface area contributed by atoms with Crippen LogP contribution >= 0.6 is 0 Å². The second-order valence-corrected chi connectivity index (χ2v) is 24.1. The van der Waals surface area contributed by atoms with Crippen LogP contribution in [0.4, 0.5) is 51.2 Å². The lowest BCUT2D eigenvalue weighted by molar-refractivity contribution is 1.28. The topological polar surface area (TPSA) is 9.72 Å². The Hall–Kier alpha value is -12.8. The maximum Gasteiger partial charge on any atom is 0.0468 e. The van der Waals surface area contributed by atoms with Gasteiger partial charge in [0.1, 0.15) is 0 Å². The van der Waals surface area contributed by atoms with E-state index in [1.807, 2.05) is 0 Å². The molecule has 0 aliphatic heterocycles. The van der Waals surface area contributed by atoms with Crippen molar-refractivity contribution in [3.05, 3.63) is 416 Å². The lowest BCUT2D eigenvalue weighted by atomic mass is 9.78. The van der Waals surface area contributed by atoms with Crippen molar-refractivity contribution in [2.24, 2.45) is 0 Å². The van der Waals surface area contributed by atoms with E-state index in [1.54, 1.807) is 0 Å². The molecular formula is C94H69N3. The number of hydrogen-bond acceptors (Lipinski definition) is 3. The highest BCUT2D eigenvalue weighted by Gasteiger charge is 2.27. The van der Waals surface area contributed by atoms with Crippen molar-refractivity contribution < 1.29 is 0 Å². The van der Waals surface area contributed by atoms with E-state index in [0.717, 1.165) is 129 Å². The van der Waals surface area contributed by atoms with Gasteiger partial charge in [-0.2, -0.15) is 0 Å². The summed E-state index contributed by atoms with van der Waals surface area (Å²) in [7, 11) is 0. The first kappa shape index (κ1) is 60.4. The van der Waals surface area contributed by atoms with Crippen LogP contribution in [0.1, 0.15) is 33.4 Å². The fourth-order valence-corrected chi connectivity index (χ4v) is 13.1. The summed E-state index contributed by atoms with van der Waals surface area (Å²) in [5.41, 5.74) is 25.5. The molecule has 0 N–H and O–H groups in total. The van der Waals surface area contributed by atoms with Gasteiger partial charge < -0.3 is 14.7 Å². The highest BCUT2D eigenvalue weighted by molar-refractivity contribution is 6.19. The summed E-state index contributed by atoms with van der Waals surface area (Å²) in [6.07, 6.45) is 13.1. The molecule has 0 saturated heterocycles. The molecule has 0 spiro atoms. The quantitative estimate of drug-likeness (QED) is 0.0747. The number of benzene rings is 15. The van der Waals surface area contributed by atoms with Crippen LogP contribution in [0.3, 0.4) is 0 Å². The van der Waals surface area contributed by atoms with Gasteiger partial charge in [0.2, 0.25) is 0 Å². The fourth-order valence-electron chi connectivity index (χ4n) is 13.1. The predicted molar refractivity (Wildman–Crippen MR) is 416 cm³/mol. The number of fused-ring (bicyclic) bond motifs is 1. The first-order chi connectivity index (χ1) is 48.1. The Morgan fingerprint density at radius 1 is 0.144 bits per heavy atom. The molecule has 0 heterocycles. The minimum absolute atomic E-state index is 1.04. The summed E-state index contributed by atoms with van der Waals surface area (Å²) >= 11 is 0. The molecule has 97 heavy (non-hydrogen) atoms.